The van der Waals surface area contributed by atoms with Crippen LogP contribution in [0.4, 0.5) is 4.39 Å². The van der Waals surface area contributed by atoms with Gasteiger partial charge in [0.1, 0.15) is 5.82 Å². The molecule has 0 spiro atoms. The second-order valence-corrected chi connectivity index (χ2v) is 5.14. The number of hydrogen-bond acceptors (Lipinski definition) is 2. The van der Waals surface area contributed by atoms with Crippen LogP contribution in [0.2, 0.25) is 5.02 Å². The van der Waals surface area contributed by atoms with Crippen LogP contribution >= 0.6 is 22.9 Å². The van der Waals surface area contributed by atoms with E-state index in [1.165, 1.54) is 23.5 Å². The standard InChI is InChI=1S/C13H11ClFNOS/c1-8-5-6-18-12(8)13(17)16-7-9-10(14)3-2-4-11(9)15/h2-6H,7H2,1H3,(H,16,17). The fourth-order valence-electron chi connectivity index (χ4n) is 1.56. The summed E-state index contributed by atoms with van der Waals surface area (Å²) in [5.74, 6) is -0.618. The minimum Gasteiger partial charge on any atom is -0.347 e. The van der Waals surface area contributed by atoms with E-state index in [9.17, 15) is 9.18 Å². The summed E-state index contributed by atoms with van der Waals surface area (Å²) in [5.41, 5.74) is 1.22. The number of thiophene rings is 1. The summed E-state index contributed by atoms with van der Waals surface area (Å²) in [6.07, 6.45) is 0. The van der Waals surface area contributed by atoms with Crippen LogP contribution in [0.25, 0.3) is 0 Å². The first-order valence-corrected chi connectivity index (χ1v) is 6.60. The molecule has 0 aliphatic heterocycles. The number of carbonyl (C=O) groups excluding carboxylic acids is 1. The normalized spacial score (nSPS) is 10.4. The molecule has 1 amide bonds. The lowest BCUT2D eigenvalue weighted by Crippen LogP contribution is -2.23. The Balaban J connectivity index is 2.09. The Labute approximate surface area is 113 Å². The minimum absolute atomic E-state index is 0.0850. The van der Waals surface area contributed by atoms with E-state index in [4.69, 9.17) is 11.6 Å². The quantitative estimate of drug-likeness (QED) is 0.912. The van der Waals surface area contributed by atoms with Crippen molar-refractivity contribution in [3.05, 3.63) is 56.5 Å². The molecule has 0 saturated carbocycles. The van der Waals surface area contributed by atoms with Crippen molar-refractivity contribution in [1.82, 2.24) is 5.32 Å². The van der Waals surface area contributed by atoms with Crippen LogP contribution in [0, 0.1) is 12.7 Å². The Morgan fingerprint density at radius 3 is 2.83 bits per heavy atom. The molecule has 0 radical (unpaired) electrons. The molecule has 0 saturated heterocycles. The maximum Gasteiger partial charge on any atom is 0.261 e. The summed E-state index contributed by atoms with van der Waals surface area (Å²) in [7, 11) is 0. The molecule has 0 bridgehead atoms. The van der Waals surface area contributed by atoms with Gasteiger partial charge in [-0.1, -0.05) is 17.7 Å². The molecule has 2 rings (SSSR count). The maximum atomic E-state index is 13.5. The molecular weight excluding hydrogens is 273 g/mol. The highest BCUT2D eigenvalue weighted by molar-refractivity contribution is 7.12. The number of benzene rings is 1. The van der Waals surface area contributed by atoms with E-state index in [0.29, 0.717) is 15.5 Å². The van der Waals surface area contributed by atoms with E-state index in [-0.39, 0.29) is 12.5 Å². The van der Waals surface area contributed by atoms with Gasteiger partial charge < -0.3 is 5.32 Å². The van der Waals surface area contributed by atoms with Crippen molar-refractivity contribution in [3.8, 4) is 0 Å². The number of amides is 1. The Morgan fingerprint density at radius 1 is 1.44 bits per heavy atom. The lowest BCUT2D eigenvalue weighted by atomic mass is 10.2. The highest BCUT2D eigenvalue weighted by Crippen LogP contribution is 2.19. The minimum atomic E-state index is -0.411. The SMILES string of the molecule is Cc1ccsc1C(=O)NCc1c(F)cccc1Cl. The van der Waals surface area contributed by atoms with Crippen LogP contribution in [0.1, 0.15) is 20.8 Å². The highest BCUT2D eigenvalue weighted by Gasteiger charge is 2.12. The lowest BCUT2D eigenvalue weighted by Gasteiger charge is -2.07. The lowest BCUT2D eigenvalue weighted by molar-refractivity contribution is 0.0954. The molecule has 0 aliphatic carbocycles. The van der Waals surface area contributed by atoms with E-state index >= 15 is 0 Å². The van der Waals surface area contributed by atoms with Crippen molar-refractivity contribution in [1.29, 1.82) is 0 Å². The number of rotatable bonds is 3. The zero-order valence-corrected chi connectivity index (χ0v) is 11.2. The second kappa shape index (κ2) is 5.50. The zero-order chi connectivity index (χ0) is 13.1. The second-order valence-electron chi connectivity index (χ2n) is 3.82. The average molecular weight is 284 g/mol. The van der Waals surface area contributed by atoms with Gasteiger partial charge >= 0.3 is 0 Å². The molecule has 2 nitrogen and oxygen atoms in total. The summed E-state index contributed by atoms with van der Waals surface area (Å²) in [4.78, 5) is 12.5. The van der Waals surface area contributed by atoms with Gasteiger partial charge in [-0.25, -0.2) is 4.39 Å². The smallest absolute Gasteiger partial charge is 0.261 e. The van der Waals surface area contributed by atoms with Gasteiger partial charge in [0.05, 0.1) is 4.88 Å². The number of nitrogens with one attached hydrogen (secondary N) is 1. The van der Waals surface area contributed by atoms with E-state index in [2.05, 4.69) is 5.32 Å². The van der Waals surface area contributed by atoms with Gasteiger partial charge in [0.15, 0.2) is 0 Å². The predicted molar refractivity (Wildman–Crippen MR) is 71.6 cm³/mol. The van der Waals surface area contributed by atoms with Crippen molar-refractivity contribution in [2.24, 2.45) is 0 Å². The van der Waals surface area contributed by atoms with E-state index in [1.54, 1.807) is 6.07 Å². The molecule has 0 unspecified atom stereocenters. The first-order chi connectivity index (χ1) is 8.59. The molecule has 0 aliphatic rings. The summed E-state index contributed by atoms with van der Waals surface area (Å²) in [5, 5.41) is 4.84. The van der Waals surface area contributed by atoms with Gasteiger partial charge in [-0.15, -0.1) is 11.3 Å². The largest absolute Gasteiger partial charge is 0.347 e. The third-order valence-electron chi connectivity index (χ3n) is 2.56. The van der Waals surface area contributed by atoms with Crippen molar-refractivity contribution in [3.63, 3.8) is 0 Å². The van der Waals surface area contributed by atoms with E-state index in [0.717, 1.165) is 5.56 Å². The van der Waals surface area contributed by atoms with E-state index in [1.807, 2.05) is 18.4 Å². The van der Waals surface area contributed by atoms with Crippen LogP contribution in [0.15, 0.2) is 29.6 Å². The van der Waals surface area contributed by atoms with Gasteiger partial charge in [0, 0.05) is 17.1 Å². The summed E-state index contributed by atoms with van der Waals surface area (Å²) >= 11 is 7.24. The third kappa shape index (κ3) is 2.71. The number of hydrogen-bond donors (Lipinski definition) is 1. The van der Waals surface area contributed by atoms with Crippen molar-refractivity contribution in [2.75, 3.05) is 0 Å². The van der Waals surface area contributed by atoms with Gasteiger partial charge in [-0.2, -0.15) is 0 Å². The van der Waals surface area contributed by atoms with Crippen LogP contribution in [-0.4, -0.2) is 5.91 Å². The maximum absolute atomic E-state index is 13.5. The molecule has 5 heteroatoms. The summed E-state index contributed by atoms with van der Waals surface area (Å²) < 4.78 is 13.5. The van der Waals surface area contributed by atoms with E-state index < -0.39 is 5.82 Å². The summed E-state index contributed by atoms with van der Waals surface area (Å²) in [6, 6.07) is 6.33. The highest BCUT2D eigenvalue weighted by atomic mass is 35.5. The fourth-order valence-corrected chi connectivity index (χ4v) is 2.63. The van der Waals surface area contributed by atoms with Gasteiger partial charge in [-0.3, -0.25) is 4.79 Å². The first kappa shape index (κ1) is 13.1. The Kier molecular flexibility index (Phi) is 3.99. The fraction of sp³-hybridized carbons (Fsp3) is 0.154. The van der Waals surface area contributed by atoms with Crippen LogP contribution in [-0.2, 0) is 6.54 Å². The molecule has 0 fully saturated rings. The van der Waals surface area contributed by atoms with Crippen molar-refractivity contribution >= 4 is 28.8 Å². The number of halogens is 2. The predicted octanol–water partition coefficient (Wildman–Crippen LogP) is 3.78. The van der Waals surface area contributed by atoms with Gasteiger partial charge in [0.25, 0.3) is 5.91 Å². The number of carbonyl (C=O) groups is 1. The van der Waals surface area contributed by atoms with Crippen LogP contribution in [0.5, 0.6) is 0 Å². The Bertz CT molecular complexity index is 562. The third-order valence-corrected chi connectivity index (χ3v) is 3.93. The topological polar surface area (TPSA) is 29.1 Å². The number of aryl methyl sites for hydroxylation is 1. The van der Waals surface area contributed by atoms with Crippen LogP contribution < -0.4 is 5.32 Å². The first-order valence-electron chi connectivity index (χ1n) is 5.35. The molecule has 1 aromatic carbocycles. The van der Waals surface area contributed by atoms with Gasteiger partial charge in [0.2, 0.25) is 0 Å². The molecule has 2 aromatic rings. The molecular formula is C13H11ClFNOS. The van der Waals surface area contributed by atoms with Crippen molar-refractivity contribution < 1.29 is 9.18 Å². The molecule has 1 aromatic heterocycles. The Hall–Kier alpha value is -1.39. The van der Waals surface area contributed by atoms with Gasteiger partial charge in [-0.05, 0) is 36.1 Å². The van der Waals surface area contributed by atoms with Crippen LogP contribution in [0.3, 0.4) is 0 Å². The molecule has 94 valence electrons. The molecule has 1 N–H and O–H groups in total. The zero-order valence-electron chi connectivity index (χ0n) is 9.67. The molecule has 18 heavy (non-hydrogen) atoms. The Morgan fingerprint density at radius 2 is 2.22 bits per heavy atom. The average Bonchev–Trinajstić information content (AvgIpc) is 2.74. The summed E-state index contributed by atoms with van der Waals surface area (Å²) in [6.45, 7) is 1.95. The molecule has 1 heterocycles. The molecule has 0 atom stereocenters. The van der Waals surface area contributed by atoms with Crippen molar-refractivity contribution in [2.45, 2.75) is 13.5 Å². The monoisotopic (exact) mass is 283 g/mol.